The number of furan rings is 1. The molecule has 1 aromatic heterocycles. The fourth-order valence-electron chi connectivity index (χ4n) is 3.97. The van der Waals surface area contributed by atoms with Crippen LogP contribution in [0.25, 0.3) is 11.0 Å². The van der Waals surface area contributed by atoms with E-state index in [-0.39, 0.29) is 13.1 Å². The van der Waals surface area contributed by atoms with Crippen molar-refractivity contribution in [2.24, 2.45) is 11.8 Å². The van der Waals surface area contributed by atoms with Gasteiger partial charge in [-0.3, -0.25) is 4.79 Å². The molecule has 35 heavy (non-hydrogen) atoms. The number of alkyl halides is 3. The average molecular weight is 493 g/mol. The molecule has 190 valence electrons. The molecule has 1 aliphatic carbocycles. The third kappa shape index (κ3) is 7.90. The Morgan fingerprint density at radius 3 is 2.51 bits per heavy atom. The van der Waals surface area contributed by atoms with Crippen LogP contribution in [0.2, 0.25) is 0 Å². The minimum absolute atomic E-state index is 0.213. The minimum atomic E-state index is -4.47. The van der Waals surface area contributed by atoms with Crippen LogP contribution in [-0.4, -0.2) is 30.3 Å². The van der Waals surface area contributed by atoms with Crippen LogP contribution in [0, 0.1) is 11.8 Å². The van der Waals surface area contributed by atoms with E-state index in [1.54, 1.807) is 0 Å². The number of halogens is 3. The molecule has 0 radical (unpaired) electrons. The summed E-state index contributed by atoms with van der Waals surface area (Å²) in [6.07, 6.45) is 2.74. The largest absolute Gasteiger partial charge is 0.459 e. The molecule has 9 heteroatoms. The first-order chi connectivity index (χ1) is 16.5. The van der Waals surface area contributed by atoms with Crippen LogP contribution in [0.4, 0.5) is 18.0 Å². The number of carbonyl (C=O) groups is 2. The fourth-order valence-corrected chi connectivity index (χ4v) is 3.97. The molecule has 2 atom stereocenters. The fraction of sp³-hybridized carbons (Fsp3) is 0.462. The Morgan fingerprint density at radius 1 is 1.03 bits per heavy atom. The smallest absolute Gasteiger partial charge is 0.408 e. The number of amides is 2. The zero-order chi connectivity index (χ0) is 25.5. The van der Waals surface area contributed by atoms with Crippen molar-refractivity contribution >= 4 is 23.0 Å². The monoisotopic (exact) mass is 492 g/mol. The molecular weight excluding hydrogens is 461 g/mol. The van der Waals surface area contributed by atoms with Crippen molar-refractivity contribution in [1.29, 1.82) is 0 Å². The highest BCUT2D eigenvalue weighted by Gasteiger charge is 2.45. The number of hydrogen-bond acceptors (Lipinski definition) is 4. The summed E-state index contributed by atoms with van der Waals surface area (Å²) in [4.78, 5) is 24.4. The minimum Gasteiger partial charge on any atom is -0.459 e. The maximum absolute atomic E-state index is 13.1. The van der Waals surface area contributed by atoms with Gasteiger partial charge in [-0.2, -0.15) is 13.2 Å². The molecule has 0 spiro atoms. The summed E-state index contributed by atoms with van der Waals surface area (Å²) in [5.41, 5.74) is 0.0572. The van der Waals surface area contributed by atoms with Crippen molar-refractivity contribution in [2.75, 3.05) is 6.54 Å². The molecule has 3 rings (SSSR count). The van der Waals surface area contributed by atoms with Gasteiger partial charge in [-0.05, 0) is 45.2 Å². The number of ether oxygens (including phenoxy) is 1. The average Bonchev–Trinajstić information content (AvgIpc) is 3.22. The van der Waals surface area contributed by atoms with Gasteiger partial charge in [0.2, 0.25) is 5.91 Å². The van der Waals surface area contributed by atoms with Crippen LogP contribution < -0.4 is 10.6 Å². The predicted octanol–water partition coefficient (Wildman–Crippen LogP) is 6.03. The summed E-state index contributed by atoms with van der Waals surface area (Å²) in [5.74, 6) is -3.05. The standard InChI is InChI=1S/C26H31F3N2O4/c1-25(2,35-24(33)31-17-19-16-18-10-4-7-13-22(18)34-19)14-8-3-9-15-30-23(32)20-11-5-6-12-21(20)26(27,28)29/h4-7,10-13,16,20-21H,3,8-9,14-15,17H2,1-2H3,(H,30,32)(H,31,33). The Labute approximate surface area is 202 Å². The van der Waals surface area contributed by atoms with Gasteiger partial charge in [0.05, 0.1) is 18.4 Å². The summed E-state index contributed by atoms with van der Waals surface area (Å²) in [7, 11) is 0. The van der Waals surface area contributed by atoms with Crippen LogP contribution in [0.15, 0.2) is 59.1 Å². The lowest BCUT2D eigenvalue weighted by Crippen LogP contribution is -2.40. The molecule has 6 nitrogen and oxygen atoms in total. The number of alkyl carbamates (subject to hydrolysis) is 1. The van der Waals surface area contributed by atoms with Crippen molar-refractivity contribution in [3.63, 3.8) is 0 Å². The molecular formula is C26H31F3N2O4. The molecule has 1 aromatic carbocycles. The van der Waals surface area contributed by atoms with E-state index in [4.69, 9.17) is 9.15 Å². The van der Waals surface area contributed by atoms with E-state index >= 15 is 0 Å². The third-order valence-corrected chi connectivity index (χ3v) is 5.82. The summed E-state index contributed by atoms with van der Waals surface area (Å²) in [6.45, 7) is 4.13. The number of allylic oxidation sites excluding steroid dienone is 3. The number of rotatable bonds is 10. The predicted molar refractivity (Wildman–Crippen MR) is 126 cm³/mol. The van der Waals surface area contributed by atoms with E-state index in [2.05, 4.69) is 10.6 Å². The maximum atomic E-state index is 13.1. The van der Waals surface area contributed by atoms with E-state index in [1.165, 1.54) is 18.2 Å². The van der Waals surface area contributed by atoms with Crippen LogP contribution in [0.1, 0.15) is 45.3 Å². The first-order valence-electron chi connectivity index (χ1n) is 11.7. The summed E-state index contributed by atoms with van der Waals surface area (Å²) in [5, 5.41) is 6.25. The molecule has 1 aliphatic rings. The molecule has 2 unspecified atom stereocenters. The van der Waals surface area contributed by atoms with Crippen molar-refractivity contribution in [3.05, 3.63) is 60.4 Å². The lowest BCUT2D eigenvalue weighted by Gasteiger charge is -2.26. The lowest BCUT2D eigenvalue weighted by atomic mass is 9.87. The molecule has 0 aliphatic heterocycles. The van der Waals surface area contributed by atoms with Gasteiger partial charge in [-0.1, -0.05) is 48.9 Å². The molecule has 0 saturated heterocycles. The normalized spacial score (nSPS) is 18.0. The second-order valence-corrected chi connectivity index (χ2v) is 9.22. The van der Waals surface area contributed by atoms with Gasteiger partial charge in [0, 0.05) is 11.9 Å². The summed E-state index contributed by atoms with van der Waals surface area (Å²) in [6, 6.07) is 9.44. The van der Waals surface area contributed by atoms with Gasteiger partial charge in [-0.15, -0.1) is 0 Å². The van der Waals surface area contributed by atoms with Crippen LogP contribution in [0.3, 0.4) is 0 Å². The number of fused-ring (bicyclic) bond motifs is 1. The second kappa shape index (κ2) is 11.5. The molecule has 0 saturated carbocycles. The van der Waals surface area contributed by atoms with Gasteiger partial charge < -0.3 is 19.8 Å². The Bertz CT molecular complexity index is 1040. The van der Waals surface area contributed by atoms with E-state index in [9.17, 15) is 22.8 Å². The topological polar surface area (TPSA) is 80.6 Å². The Hall–Kier alpha value is -3.23. The van der Waals surface area contributed by atoms with Gasteiger partial charge in [0.15, 0.2) is 0 Å². The zero-order valence-corrected chi connectivity index (χ0v) is 19.9. The molecule has 2 N–H and O–H groups in total. The first-order valence-corrected chi connectivity index (χ1v) is 11.7. The van der Waals surface area contributed by atoms with E-state index in [1.807, 2.05) is 44.2 Å². The quantitative estimate of drug-likeness (QED) is 0.397. The first kappa shape index (κ1) is 26.4. The van der Waals surface area contributed by atoms with Gasteiger partial charge in [0.25, 0.3) is 0 Å². The van der Waals surface area contributed by atoms with E-state index in [0.29, 0.717) is 18.6 Å². The van der Waals surface area contributed by atoms with E-state index in [0.717, 1.165) is 29.9 Å². The highest BCUT2D eigenvalue weighted by Crippen LogP contribution is 2.35. The van der Waals surface area contributed by atoms with Gasteiger partial charge in [-0.25, -0.2) is 4.79 Å². The van der Waals surface area contributed by atoms with Gasteiger partial charge >= 0.3 is 12.3 Å². The summed E-state index contributed by atoms with van der Waals surface area (Å²) < 4.78 is 50.5. The SMILES string of the molecule is CC(C)(CCCCCNC(=O)C1C=CC=CC1C(F)(F)F)OC(=O)NCc1cc2ccccc2o1. The van der Waals surface area contributed by atoms with Crippen LogP contribution in [0.5, 0.6) is 0 Å². The number of hydrogen-bond donors (Lipinski definition) is 2. The van der Waals surface area contributed by atoms with Crippen molar-refractivity contribution < 1.29 is 31.9 Å². The van der Waals surface area contributed by atoms with Crippen LogP contribution >= 0.6 is 0 Å². The summed E-state index contributed by atoms with van der Waals surface area (Å²) >= 11 is 0. The lowest BCUT2D eigenvalue weighted by molar-refractivity contribution is -0.174. The zero-order valence-electron chi connectivity index (χ0n) is 19.9. The van der Waals surface area contributed by atoms with Crippen molar-refractivity contribution in [1.82, 2.24) is 10.6 Å². The van der Waals surface area contributed by atoms with Crippen LogP contribution in [-0.2, 0) is 16.1 Å². The van der Waals surface area contributed by atoms with E-state index < -0.39 is 35.6 Å². The molecule has 2 amide bonds. The number of carbonyl (C=O) groups excluding carboxylic acids is 2. The Kier molecular flexibility index (Phi) is 8.64. The van der Waals surface area contributed by atoms with Crippen molar-refractivity contribution in [3.8, 4) is 0 Å². The Balaban J connectivity index is 1.31. The molecule has 2 aromatic rings. The Morgan fingerprint density at radius 2 is 1.77 bits per heavy atom. The number of benzene rings is 1. The number of unbranched alkanes of at least 4 members (excludes halogenated alkanes) is 2. The molecule has 0 bridgehead atoms. The van der Waals surface area contributed by atoms with Gasteiger partial charge in [0.1, 0.15) is 16.9 Å². The third-order valence-electron chi connectivity index (χ3n) is 5.82. The highest BCUT2D eigenvalue weighted by atomic mass is 19.4. The maximum Gasteiger partial charge on any atom is 0.408 e. The molecule has 0 fully saturated rings. The number of nitrogens with one attached hydrogen (secondary N) is 2. The number of para-hydroxylation sites is 1. The second-order valence-electron chi connectivity index (χ2n) is 9.22. The highest BCUT2D eigenvalue weighted by molar-refractivity contribution is 5.81. The van der Waals surface area contributed by atoms with Crippen molar-refractivity contribution in [2.45, 2.75) is 57.9 Å². The molecule has 1 heterocycles.